The molecule has 118 valence electrons. The monoisotopic (exact) mass is 299 g/mol. The summed E-state index contributed by atoms with van der Waals surface area (Å²) in [4.78, 5) is 0. The molecular weight excluding hydrogens is 276 g/mol. The van der Waals surface area contributed by atoms with Crippen molar-refractivity contribution in [2.75, 3.05) is 7.11 Å². The Morgan fingerprint density at radius 2 is 2.00 bits per heavy atom. The van der Waals surface area contributed by atoms with Crippen molar-refractivity contribution in [3.63, 3.8) is 0 Å². The molecule has 1 saturated carbocycles. The molecule has 0 amide bonds. The summed E-state index contributed by atoms with van der Waals surface area (Å²) in [6.07, 6.45) is 5.06. The molecule has 1 atom stereocenters. The smallest absolute Gasteiger partial charge is 0.387 e. The lowest BCUT2D eigenvalue weighted by molar-refractivity contribution is -0.0519. The lowest BCUT2D eigenvalue weighted by Gasteiger charge is -2.21. The van der Waals surface area contributed by atoms with Gasteiger partial charge in [0.25, 0.3) is 0 Å². The van der Waals surface area contributed by atoms with E-state index in [1.165, 1.54) is 32.8 Å². The molecule has 0 aliphatic heterocycles. The Morgan fingerprint density at radius 3 is 2.62 bits per heavy atom. The van der Waals surface area contributed by atoms with Crippen molar-refractivity contribution in [2.24, 2.45) is 5.92 Å². The zero-order valence-electron chi connectivity index (χ0n) is 12.6. The molecule has 1 aliphatic rings. The van der Waals surface area contributed by atoms with Gasteiger partial charge in [-0.2, -0.15) is 8.78 Å². The van der Waals surface area contributed by atoms with Crippen molar-refractivity contribution in [1.29, 1.82) is 0 Å². The van der Waals surface area contributed by atoms with Gasteiger partial charge < -0.3 is 14.8 Å². The molecule has 0 saturated heterocycles. The van der Waals surface area contributed by atoms with Crippen LogP contribution in [0, 0.1) is 5.92 Å². The van der Waals surface area contributed by atoms with E-state index >= 15 is 0 Å². The number of ether oxygens (including phenoxy) is 2. The van der Waals surface area contributed by atoms with Crippen LogP contribution in [0.25, 0.3) is 0 Å². The number of hydrogen-bond acceptors (Lipinski definition) is 3. The first-order valence-electron chi connectivity index (χ1n) is 7.46. The van der Waals surface area contributed by atoms with Crippen molar-refractivity contribution in [1.82, 2.24) is 5.32 Å². The average molecular weight is 299 g/mol. The van der Waals surface area contributed by atoms with Crippen LogP contribution in [-0.2, 0) is 6.54 Å². The fraction of sp³-hybridized carbons (Fsp3) is 0.625. The summed E-state index contributed by atoms with van der Waals surface area (Å²) < 4.78 is 34.9. The zero-order valence-corrected chi connectivity index (χ0v) is 12.6. The minimum atomic E-state index is -2.85. The summed E-state index contributed by atoms with van der Waals surface area (Å²) in [6, 6.07) is 5.57. The highest BCUT2D eigenvalue weighted by Crippen LogP contribution is 2.33. The van der Waals surface area contributed by atoms with Crippen LogP contribution in [0.4, 0.5) is 8.78 Å². The van der Waals surface area contributed by atoms with Gasteiger partial charge in [0.2, 0.25) is 0 Å². The van der Waals surface area contributed by atoms with Crippen molar-refractivity contribution in [2.45, 2.75) is 51.8 Å². The summed E-state index contributed by atoms with van der Waals surface area (Å²) in [5.74, 6) is 1.14. The molecule has 1 aliphatic carbocycles. The van der Waals surface area contributed by atoms with Crippen LogP contribution in [0.2, 0.25) is 0 Å². The number of rotatable bonds is 7. The number of halogens is 2. The van der Waals surface area contributed by atoms with Gasteiger partial charge in [-0.05, 0) is 31.7 Å². The van der Waals surface area contributed by atoms with Crippen LogP contribution in [0.3, 0.4) is 0 Å². The maximum Gasteiger partial charge on any atom is 0.387 e. The maximum absolute atomic E-state index is 12.6. The van der Waals surface area contributed by atoms with Gasteiger partial charge in [-0.3, -0.25) is 0 Å². The van der Waals surface area contributed by atoms with E-state index in [4.69, 9.17) is 4.74 Å². The van der Waals surface area contributed by atoms with Gasteiger partial charge in [-0.1, -0.05) is 25.0 Å². The quantitative estimate of drug-likeness (QED) is 0.826. The molecule has 0 unspecified atom stereocenters. The molecule has 0 spiro atoms. The van der Waals surface area contributed by atoms with Gasteiger partial charge in [0, 0.05) is 18.2 Å². The summed E-state index contributed by atoms with van der Waals surface area (Å²) in [7, 11) is 1.45. The molecule has 1 aromatic rings. The highest BCUT2D eigenvalue weighted by atomic mass is 19.3. The Morgan fingerprint density at radius 1 is 1.29 bits per heavy atom. The molecule has 3 nitrogen and oxygen atoms in total. The van der Waals surface area contributed by atoms with E-state index in [1.807, 2.05) is 0 Å². The largest absolute Gasteiger partial charge is 0.493 e. The number of methoxy groups -OCH3 is 1. The molecule has 0 aromatic heterocycles. The van der Waals surface area contributed by atoms with E-state index in [9.17, 15) is 8.78 Å². The highest BCUT2D eigenvalue weighted by molar-refractivity contribution is 5.46. The molecule has 0 bridgehead atoms. The van der Waals surface area contributed by atoms with Crippen LogP contribution < -0.4 is 14.8 Å². The van der Waals surface area contributed by atoms with Gasteiger partial charge in [0.1, 0.15) is 0 Å². The van der Waals surface area contributed by atoms with E-state index in [-0.39, 0.29) is 5.75 Å². The third-order valence-corrected chi connectivity index (χ3v) is 4.21. The first-order chi connectivity index (χ1) is 10.1. The standard InChI is InChI=1S/C16H23F2NO2/c1-11(12-6-3-4-7-12)19-10-13-8-5-9-14(20-2)15(13)21-16(17)18/h5,8-9,11-12,16,19H,3-4,6-7,10H2,1-2H3/t11-/m1/s1. The number of hydrogen-bond donors (Lipinski definition) is 1. The Labute approximate surface area is 124 Å². The molecule has 1 fully saturated rings. The number of alkyl halides is 2. The molecular formula is C16H23F2NO2. The van der Waals surface area contributed by atoms with Gasteiger partial charge in [-0.15, -0.1) is 0 Å². The van der Waals surface area contributed by atoms with Gasteiger partial charge in [0.15, 0.2) is 11.5 Å². The van der Waals surface area contributed by atoms with E-state index < -0.39 is 6.61 Å². The average Bonchev–Trinajstić information content (AvgIpc) is 2.99. The maximum atomic E-state index is 12.6. The fourth-order valence-electron chi connectivity index (χ4n) is 2.98. The van der Waals surface area contributed by atoms with Crippen LogP contribution in [0.15, 0.2) is 18.2 Å². The van der Waals surface area contributed by atoms with Crippen LogP contribution in [0.1, 0.15) is 38.2 Å². The van der Waals surface area contributed by atoms with E-state index in [2.05, 4.69) is 17.0 Å². The zero-order chi connectivity index (χ0) is 15.2. The van der Waals surface area contributed by atoms with E-state index in [1.54, 1.807) is 18.2 Å². The molecule has 2 rings (SSSR count). The van der Waals surface area contributed by atoms with Crippen molar-refractivity contribution in [3.8, 4) is 11.5 Å². The summed E-state index contributed by atoms with van der Waals surface area (Å²) in [5.41, 5.74) is 0.694. The fourth-order valence-corrected chi connectivity index (χ4v) is 2.98. The minimum absolute atomic E-state index is 0.126. The lowest BCUT2D eigenvalue weighted by Crippen LogP contribution is -2.31. The summed E-state index contributed by atoms with van der Waals surface area (Å²) in [5, 5.41) is 3.43. The summed E-state index contributed by atoms with van der Waals surface area (Å²) in [6.45, 7) is -0.201. The third-order valence-electron chi connectivity index (χ3n) is 4.21. The Kier molecular flexibility index (Phi) is 5.79. The molecule has 1 N–H and O–H groups in total. The molecule has 21 heavy (non-hydrogen) atoms. The topological polar surface area (TPSA) is 30.5 Å². The van der Waals surface area contributed by atoms with Crippen LogP contribution >= 0.6 is 0 Å². The minimum Gasteiger partial charge on any atom is -0.493 e. The first kappa shape index (κ1) is 16.0. The van der Waals surface area contributed by atoms with E-state index in [0.29, 0.717) is 29.8 Å². The van der Waals surface area contributed by atoms with Crippen molar-refractivity contribution in [3.05, 3.63) is 23.8 Å². The van der Waals surface area contributed by atoms with Crippen molar-refractivity contribution >= 4 is 0 Å². The third kappa shape index (κ3) is 4.30. The van der Waals surface area contributed by atoms with Crippen LogP contribution in [-0.4, -0.2) is 19.8 Å². The second kappa shape index (κ2) is 7.59. The Balaban J connectivity index is 2.04. The molecule has 5 heteroatoms. The Bertz CT molecular complexity index is 448. The predicted octanol–water partition coefficient (Wildman–Crippen LogP) is 3.96. The van der Waals surface area contributed by atoms with Crippen LogP contribution in [0.5, 0.6) is 11.5 Å². The Hall–Kier alpha value is -1.36. The van der Waals surface area contributed by atoms with Gasteiger partial charge in [-0.25, -0.2) is 0 Å². The molecule has 1 aromatic carbocycles. The normalized spacial score (nSPS) is 17.2. The lowest BCUT2D eigenvalue weighted by atomic mass is 9.99. The number of nitrogens with one attached hydrogen (secondary N) is 1. The molecule has 0 heterocycles. The summed E-state index contributed by atoms with van der Waals surface area (Å²) >= 11 is 0. The van der Waals surface area contributed by atoms with Gasteiger partial charge in [0.05, 0.1) is 7.11 Å². The van der Waals surface area contributed by atoms with Gasteiger partial charge >= 0.3 is 6.61 Å². The number of para-hydroxylation sites is 1. The second-order valence-electron chi connectivity index (χ2n) is 5.54. The number of benzene rings is 1. The molecule has 0 radical (unpaired) electrons. The SMILES string of the molecule is COc1cccc(CN[C@H](C)C2CCCC2)c1OC(F)F. The van der Waals surface area contributed by atoms with E-state index in [0.717, 1.165) is 0 Å². The second-order valence-corrected chi connectivity index (χ2v) is 5.54. The highest BCUT2D eigenvalue weighted by Gasteiger charge is 2.22. The van der Waals surface area contributed by atoms with Crippen molar-refractivity contribution < 1.29 is 18.3 Å². The predicted molar refractivity (Wildman–Crippen MR) is 77.9 cm³/mol. The first-order valence-corrected chi connectivity index (χ1v) is 7.46.